The molecule has 5 heteroatoms. The van der Waals surface area contributed by atoms with Crippen LogP contribution in [0.2, 0.25) is 0 Å². The smallest absolute Gasteiger partial charge is 0.290 e. The number of Topliss-reactive ketones (excluding diaryl/α,β-unsaturated/α-hetero) is 1. The van der Waals surface area contributed by atoms with Crippen molar-refractivity contribution in [2.75, 3.05) is 27.2 Å². The summed E-state index contributed by atoms with van der Waals surface area (Å²) >= 11 is 0. The molecule has 1 fully saturated rings. The second-order valence-electron chi connectivity index (χ2n) is 9.53. The van der Waals surface area contributed by atoms with E-state index in [1.807, 2.05) is 19.0 Å². The zero-order valence-corrected chi connectivity index (χ0v) is 18.7. The third-order valence-corrected chi connectivity index (χ3v) is 6.78. The maximum Gasteiger partial charge on any atom is 0.290 e. The summed E-state index contributed by atoms with van der Waals surface area (Å²) < 4.78 is 6.23. The third-order valence-electron chi connectivity index (χ3n) is 6.78. The number of benzene rings is 1. The molecule has 1 aromatic rings. The van der Waals surface area contributed by atoms with Gasteiger partial charge in [0, 0.05) is 6.54 Å². The van der Waals surface area contributed by atoms with Crippen LogP contribution >= 0.6 is 0 Å². The monoisotopic (exact) mass is 410 g/mol. The number of hydrogen-bond acceptors (Lipinski definition) is 4. The molecule has 0 spiro atoms. The molecule has 3 aliphatic rings. The fourth-order valence-corrected chi connectivity index (χ4v) is 5.09. The minimum absolute atomic E-state index is 0.0931. The van der Waals surface area contributed by atoms with Crippen LogP contribution in [0, 0.1) is 5.92 Å². The van der Waals surface area contributed by atoms with Crippen LogP contribution in [0.1, 0.15) is 69.0 Å². The number of nitrogens with zero attached hydrogens (tertiary/aromatic N) is 2. The predicted octanol–water partition coefficient (Wildman–Crippen LogP) is 4.06. The van der Waals surface area contributed by atoms with Crippen LogP contribution in [-0.4, -0.2) is 54.8 Å². The average molecular weight is 411 g/mol. The lowest BCUT2D eigenvalue weighted by atomic mass is 9.77. The molecule has 1 aromatic carbocycles. The second-order valence-corrected chi connectivity index (χ2v) is 9.53. The number of carbonyl (C=O) groups excluding carboxylic acids is 2. The first kappa shape index (κ1) is 21.1. The largest absolute Gasteiger partial charge is 0.483 e. The van der Waals surface area contributed by atoms with Gasteiger partial charge in [-0.3, -0.25) is 9.59 Å². The van der Waals surface area contributed by atoms with Crippen LogP contribution in [0.3, 0.4) is 0 Å². The molecule has 0 aromatic heterocycles. The third kappa shape index (κ3) is 3.80. The van der Waals surface area contributed by atoms with Crippen LogP contribution in [0.15, 0.2) is 35.6 Å². The maximum atomic E-state index is 13.5. The molecule has 30 heavy (non-hydrogen) atoms. The molecule has 3 atom stereocenters. The van der Waals surface area contributed by atoms with Crippen LogP contribution in [0.4, 0.5) is 0 Å². The second kappa shape index (κ2) is 8.54. The quantitative estimate of drug-likeness (QED) is 0.710. The Hall–Kier alpha value is -2.14. The minimum Gasteiger partial charge on any atom is -0.483 e. The first-order valence-corrected chi connectivity index (χ1v) is 11.4. The first-order valence-electron chi connectivity index (χ1n) is 11.4. The number of carbonyl (C=O) groups is 2. The molecule has 1 saturated carbocycles. The van der Waals surface area contributed by atoms with E-state index in [2.05, 4.69) is 43.0 Å². The Morgan fingerprint density at radius 2 is 1.80 bits per heavy atom. The lowest BCUT2D eigenvalue weighted by Crippen LogP contribution is -2.39. The molecular formula is C25H34N2O3. The van der Waals surface area contributed by atoms with E-state index in [9.17, 15) is 9.59 Å². The van der Waals surface area contributed by atoms with E-state index in [1.54, 1.807) is 0 Å². The van der Waals surface area contributed by atoms with Crippen molar-refractivity contribution < 1.29 is 14.3 Å². The molecule has 0 radical (unpaired) electrons. The van der Waals surface area contributed by atoms with Crippen molar-refractivity contribution >= 4 is 11.7 Å². The van der Waals surface area contributed by atoms with Crippen molar-refractivity contribution in [3.8, 4) is 0 Å². The van der Waals surface area contributed by atoms with Gasteiger partial charge < -0.3 is 14.5 Å². The summed E-state index contributed by atoms with van der Waals surface area (Å²) in [7, 11) is 4.07. The molecule has 0 bridgehead atoms. The van der Waals surface area contributed by atoms with Crippen molar-refractivity contribution in [3.63, 3.8) is 0 Å². The summed E-state index contributed by atoms with van der Waals surface area (Å²) in [6.45, 7) is 5.86. The summed E-state index contributed by atoms with van der Waals surface area (Å²) in [4.78, 5) is 30.9. The summed E-state index contributed by atoms with van der Waals surface area (Å²) in [6, 6.07) is 8.09. The number of ketones is 1. The summed E-state index contributed by atoms with van der Waals surface area (Å²) in [5, 5.41) is 0. The van der Waals surface area contributed by atoms with Gasteiger partial charge in [0.2, 0.25) is 0 Å². The van der Waals surface area contributed by atoms with Gasteiger partial charge in [-0.25, -0.2) is 0 Å². The van der Waals surface area contributed by atoms with E-state index in [0.29, 0.717) is 23.8 Å². The Labute approximate surface area is 180 Å². The molecule has 162 valence electrons. The number of hydrogen-bond donors (Lipinski definition) is 0. The molecule has 2 aliphatic heterocycles. The molecule has 0 saturated heterocycles. The van der Waals surface area contributed by atoms with Crippen molar-refractivity contribution in [3.05, 3.63) is 46.7 Å². The van der Waals surface area contributed by atoms with E-state index < -0.39 is 0 Å². The Morgan fingerprint density at radius 3 is 2.47 bits per heavy atom. The number of ether oxygens (including phenoxy) is 1. The topological polar surface area (TPSA) is 49.9 Å². The molecule has 0 N–H and O–H groups in total. The van der Waals surface area contributed by atoms with Crippen LogP contribution in [0.25, 0.3) is 0 Å². The van der Waals surface area contributed by atoms with E-state index in [0.717, 1.165) is 44.2 Å². The predicted molar refractivity (Wildman–Crippen MR) is 117 cm³/mol. The Balaban J connectivity index is 1.70. The van der Waals surface area contributed by atoms with Gasteiger partial charge in [0.25, 0.3) is 5.91 Å². The van der Waals surface area contributed by atoms with E-state index in [-0.39, 0.29) is 29.8 Å². The highest BCUT2D eigenvalue weighted by molar-refractivity contribution is 6.11. The Bertz CT molecular complexity index is 840. The van der Waals surface area contributed by atoms with Crippen molar-refractivity contribution in [1.29, 1.82) is 0 Å². The summed E-state index contributed by atoms with van der Waals surface area (Å²) in [6.07, 6.45) is 4.61. The zero-order valence-electron chi connectivity index (χ0n) is 18.7. The molecule has 5 nitrogen and oxygen atoms in total. The fraction of sp³-hybridized carbons (Fsp3) is 0.600. The number of fused-ring (bicyclic) bond motifs is 1. The highest BCUT2D eigenvalue weighted by atomic mass is 16.5. The fourth-order valence-electron chi connectivity index (χ4n) is 5.09. The van der Waals surface area contributed by atoms with Crippen LogP contribution in [0.5, 0.6) is 0 Å². The molecular weight excluding hydrogens is 376 g/mol. The van der Waals surface area contributed by atoms with Gasteiger partial charge in [-0.2, -0.15) is 0 Å². The highest BCUT2D eigenvalue weighted by Gasteiger charge is 2.51. The molecule has 1 aliphatic carbocycles. The van der Waals surface area contributed by atoms with Crippen molar-refractivity contribution in [2.24, 2.45) is 5.92 Å². The van der Waals surface area contributed by atoms with E-state index >= 15 is 0 Å². The standard InChI is InChI=1S/C25H34N2O3/c1-16(2)17-10-12-18(13-11-17)22-21-23(28)19-8-5-6-9-20(19)30-24(21)25(29)27(22)15-7-14-26(3)4/h10-13,16,19-20,22H,5-9,14-15H2,1-4H3. The van der Waals surface area contributed by atoms with Gasteiger partial charge in [-0.05, 0) is 63.4 Å². The molecule has 2 heterocycles. The summed E-state index contributed by atoms with van der Waals surface area (Å²) in [5.41, 5.74) is 2.87. The number of rotatable bonds is 6. The van der Waals surface area contributed by atoms with Crippen LogP contribution < -0.4 is 0 Å². The first-order chi connectivity index (χ1) is 14.4. The average Bonchev–Trinajstić information content (AvgIpc) is 3.00. The van der Waals surface area contributed by atoms with E-state index in [4.69, 9.17) is 4.74 Å². The Morgan fingerprint density at radius 1 is 1.10 bits per heavy atom. The summed E-state index contributed by atoms with van der Waals surface area (Å²) in [5.74, 6) is 0.703. The van der Waals surface area contributed by atoms with Crippen molar-refractivity contribution in [1.82, 2.24) is 9.80 Å². The SMILES string of the molecule is CC(C)c1ccc(C2C3=C(OC4CCCCC4C3=O)C(=O)N2CCCN(C)C)cc1. The van der Waals surface area contributed by atoms with Gasteiger partial charge in [-0.1, -0.05) is 44.5 Å². The maximum absolute atomic E-state index is 13.5. The molecule has 4 rings (SSSR count). The normalized spacial score (nSPS) is 26.3. The molecule has 1 amide bonds. The molecule has 3 unspecified atom stereocenters. The lowest BCUT2D eigenvalue weighted by molar-refractivity contribution is -0.135. The minimum atomic E-state index is -0.328. The van der Waals surface area contributed by atoms with Crippen LogP contribution in [-0.2, 0) is 14.3 Å². The van der Waals surface area contributed by atoms with Crippen molar-refractivity contribution in [2.45, 2.75) is 64.0 Å². The van der Waals surface area contributed by atoms with Gasteiger partial charge >= 0.3 is 0 Å². The van der Waals surface area contributed by atoms with Gasteiger partial charge in [0.05, 0.1) is 17.5 Å². The lowest BCUT2D eigenvalue weighted by Gasteiger charge is -2.35. The highest BCUT2D eigenvalue weighted by Crippen LogP contribution is 2.46. The van der Waals surface area contributed by atoms with Gasteiger partial charge in [0.15, 0.2) is 11.5 Å². The zero-order chi connectivity index (χ0) is 21.4. The number of amides is 1. The van der Waals surface area contributed by atoms with Gasteiger partial charge in [-0.15, -0.1) is 0 Å². The van der Waals surface area contributed by atoms with E-state index in [1.165, 1.54) is 5.56 Å². The Kier molecular flexibility index (Phi) is 6.01. The van der Waals surface area contributed by atoms with Gasteiger partial charge in [0.1, 0.15) is 6.10 Å².